The molecule has 2 aromatic carbocycles. The van der Waals surface area contributed by atoms with E-state index in [1.165, 1.54) is 0 Å². The summed E-state index contributed by atoms with van der Waals surface area (Å²) >= 11 is 0. The van der Waals surface area contributed by atoms with Gasteiger partial charge in [0.1, 0.15) is 12.3 Å². The maximum atomic E-state index is 12.9. The summed E-state index contributed by atoms with van der Waals surface area (Å²) < 4.78 is 5.47. The Morgan fingerprint density at radius 1 is 1.15 bits per heavy atom. The van der Waals surface area contributed by atoms with Gasteiger partial charge in [-0.25, -0.2) is 4.79 Å². The van der Waals surface area contributed by atoms with Gasteiger partial charge in [0, 0.05) is 17.7 Å². The topological polar surface area (TPSA) is 71.9 Å². The molecule has 2 atom stereocenters. The summed E-state index contributed by atoms with van der Waals surface area (Å²) in [6.45, 7) is 4.86. The molecule has 6 nitrogen and oxygen atoms in total. The molecule has 6 heteroatoms. The van der Waals surface area contributed by atoms with Crippen LogP contribution in [-0.4, -0.2) is 32.6 Å². The maximum absolute atomic E-state index is 12.9. The number of hydrogen-bond acceptors (Lipinski definition) is 3. The molecule has 0 aliphatic carbocycles. The molecule has 0 radical (unpaired) electrons. The zero-order chi connectivity index (χ0) is 19.8. The van der Waals surface area contributed by atoms with Crippen molar-refractivity contribution in [2.24, 2.45) is 0 Å². The van der Waals surface area contributed by atoms with E-state index in [1.807, 2.05) is 56.4 Å². The fourth-order valence-electron chi connectivity index (χ4n) is 3.14. The highest BCUT2D eigenvalue weighted by Gasteiger charge is 2.30. The number of benzene rings is 2. The van der Waals surface area contributed by atoms with Crippen molar-refractivity contribution in [3.05, 3.63) is 65.2 Å². The predicted molar refractivity (Wildman–Crippen MR) is 105 cm³/mol. The summed E-state index contributed by atoms with van der Waals surface area (Å²) in [6, 6.07) is 14.5. The molecule has 0 heterocycles. The number of rotatable bonds is 7. The molecule has 0 bridgehead atoms. The maximum Gasteiger partial charge on any atom is 0.321 e. The minimum absolute atomic E-state index is 0.337. The molecular weight excluding hydrogens is 342 g/mol. The number of carbonyl (C=O) groups excluding carboxylic acids is 2. The fourth-order valence-corrected chi connectivity index (χ4v) is 3.14. The minimum Gasteiger partial charge on any atom is -0.496 e. The quantitative estimate of drug-likeness (QED) is 0.693. The van der Waals surface area contributed by atoms with E-state index in [0.717, 1.165) is 27.3 Å². The van der Waals surface area contributed by atoms with Gasteiger partial charge in [-0.05, 0) is 26.0 Å². The van der Waals surface area contributed by atoms with Crippen molar-refractivity contribution in [1.29, 1.82) is 0 Å². The second kappa shape index (κ2) is 9.73. The standard InChI is InChI=1S/C21H27N3O3/c1-5-22-21(26)23-20(25)19(16-9-7-6-8-10-16)24(3)14-17-13-15(2)11-12-18(17)27-4/h6-13,19H,5,14H2,1-4H3,(H2,22,23,25,26)/p+1/t19-/m1/s1. The normalized spacial score (nSPS) is 12.7. The van der Waals surface area contributed by atoms with Gasteiger partial charge < -0.3 is 15.0 Å². The van der Waals surface area contributed by atoms with Crippen molar-refractivity contribution >= 4 is 11.9 Å². The average Bonchev–Trinajstić information content (AvgIpc) is 2.63. The van der Waals surface area contributed by atoms with Crippen LogP contribution in [0.5, 0.6) is 5.75 Å². The van der Waals surface area contributed by atoms with Crippen LogP contribution in [-0.2, 0) is 11.3 Å². The second-order valence-corrected chi connectivity index (χ2v) is 6.53. The Hall–Kier alpha value is -2.86. The van der Waals surface area contributed by atoms with Crippen LogP contribution in [0.25, 0.3) is 0 Å². The lowest BCUT2D eigenvalue weighted by Crippen LogP contribution is -3.09. The van der Waals surface area contributed by atoms with E-state index in [1.54, 1.807) is 14.0 Å². The summed E-state index contributed by atoms with van der Waals surface area (Å²) in [5.74, 6) is 0.451. The Bertz CT molecular complexity index is 777. The average molecular weight is 370 g/mol. The minimum atomic E-state index is -0.529. The van der Waals surface area contributed by atoms with E-state index in [-0.39, 0.29) is 5.91 Å². The second-order valence-electron chi connectivity index (χ2n) is 6.53. The number of quaternary nitrogens is 1. The van der Waals surface area contributed by atoms with E-state index >= 15 is 0 Å². The molecule has 0 saturated heterocycles. The largest absolute Gasteiger partial charge is 0.496 e. The van der Waals surface area contributed by atoms with Crippen molar-refractivity contribution in [3.8, 4) is 5.75 Å². The Morgan fingerprint density at radius 3 is 2.48 bits per heavy atom. The molecule has 3 amide bonds. The first-order valence-corrected chi connectivity index (χ1v) is 9.05. The number of carbonyl (C=O) groups is 2. The van der Waals surface area contributed by atoms with Gasteiger partial charge >= 0.3 is 6.03 Å². The first-order valence-electron chi connectivity index (χ1n) is 9.05. The summed E-state index contributed by atoms with van der Waals surface area (Å²) in [5.41, 5.74) is 2.99. The third-order valence-corrected chi connectivity index (χ3v) is 4.37. The highest BCUT2D eigenvalue weighted by Crippen LogP contribution is 2.19. The van der Waals surface area contributed by atoms with Crippen molar-refractivity contribution in [2.45, 2.75) is 26.4 Å². The summed E-state index contributed by atoms with van der Waals surface area (Å²) in [4.78, 5) is 25.6. The van der Waals surface area contributed by atoms with Crippen molar-refractivity contribution < 1.29 is 19.2 Å². The van der Waals surface area contributed by atoms with Crippen molar-refractivity contribution in [1.82, 2.24) is 10.6 Å². The fraction of sp³-hybridized carbons (Fsp3) is 0.333. The number of nitrogens with one attached hydrogen (secondary N) is 3. The third-order valence-electron chi connectivity index (χ3n) is 4.37. The molecule has 144 valence electrons. The summed E-state index contributed by atoms with van der Waals surface area (Å²) in [5, 5.41) is 5.04. The van der Waals surface area contributed by atoms with Crippen LogP contribution in [0.2, 0.25) is 0 Å². The highest BCUT2D eigenvalue weighted by molar-refractivity contribution is 5.96. The van der Waals surface area contributed by atoms with Crippen LogP contribution in [0.1, 0.15) is 29.7 Å². The summed E-state index contributed by atoms with van der Waals surface area (Å²) in [6.07, 6.45) is 0. The zero-order valence-corrected chi connectivity index (χ0v) is 16.3. The Morgan fingerprint density at radius 2 is 1.85 bits per heavy atom. The molecule has 27 heavy (non-hydrogen) atoms. The molecule has 0 aliphatic heterocycles. The number of imide groups is 1. The molecule has 0 aliphatic rings. The van der Waals surface area contributed by atoms with Crippen LogP contribution >= 0.6 is 0 Å². The van der Waals surface area contributed by atoms with Gasteiger partial charge in [-0.1, -0.05) is 42.0 Å². The third kappa shape index (κ3) is 5.56. The lowest BCUT2D eigenvalue weighted by Gasteiger charge is -2.25. The monoisotopic (exact) mass is 370 g/mol. The zero-order valence-electron chi connectivity index (χ0n) is 16.3. The highest BCUT2D eigenvalue weighted by atomic mass is 16.5. The molecule has 0 fully saturated rings. The van der Waals surface area contributed by atoms with Crippen LogP contribution in [0, 0.1) is 6.92 Å². The van der Waals surface area contributed by atoms with Gasteiger partial charge in [0.15, 0.2) is 6.04 Å². The first kappa shape index (κ1) is 20.5. The van der Waals surface area contributed by atoms with Gasteiger partial charge in [-0.3, -0.25) is 10.1 Å². The SMILES string of the molecule is CCNC(=O)NC(=O)[C@@H](c1ccccc1)[NH+](C)Cc1cc(C)ccc1OC. The molecule has 0 saturated carbocycles. The van der Waals surface area contributed by atoms with Gasteiger partial charge in [-0.2, -0.15) is 0 Å². The van der Waals surface area contributed by atoms with E-state index in [0.29, 0.717) is 13.1 Å². The number of hydrogen-bond donors (Lipinski definition) is 3. The van der Waals surface area contributed by atoms with Gasteiger partial charge in [0.25, 0.3) is 5.91 Å². The predicted octanol–water partition coefficient (Wildman–Crippen LogP) is 1.61. The van der Waals surface area contributed by atoms with E-state index < -0.39 is 12.1 Å². The molecule has 2 rings (SSSR count). The van der Waals surface area contributed by atoms with E-state index in [4.69, 9.17) is 4.74 Å². The number of aryl methyl sites for hydroxylation is 1. The molecule has 0 spiro atoms. The van der Waals surface area contributed by atoms with Crippen molar-refractivity contribution in [2.75, 3.05) is 20.7 Å². The number of methoxy groups -OCH3 is 1. The summed E-state index contributed by atoms with van der Waals surface area (Å²) in [7, 11) is 3.58. The number of ether oxygens (including phenoxy) is 1. The number of urea groups is 1. The van der Waals surface area contributed by atoms with Gasteiger partial charge in [0.05, 0.1) is 14.2 Å². The number of likely N-dealkylation sites (N-methyl/N-ethyl adjacent to an activating group) is 1. The van der Waals surface area contributed by atoms with E-state index in [9.17, 15) is 9.59 Å². The Balaban J connectivity index is 2.29. The van der Waals surface area contributed by atoms with Gasteiger partial charge in [-0.15, -0.1) is 0 Å². The lowest BCUT2D eigenvalue weighted by molar-refractivity contribution is -0.916. The Kier molecular flexibility index (Phi) is 7.37. The molecule has 2 aromatic rings. The smallest absolute Gasteiger partial charge is 0.321 e. The lowest BCUT2D eigenvalue weighted by atomic mass is 10.0. The molecule has 1 unspecified atom stereocenters. The first-order chi connectivity index (χ1) is 13.0. The van der Waals surface area contributed by atoms with Crippen LogP contribution in [0.15, 0.2) is 48.5 Å². The van der Waals surface area contributed by atoms with E-state index in [2.05, 4.69) is 16.7 Å². The van der Waals surface area contributed by atoms with Crippen LogP contribution in [0.3, 0.4) is 0 Å². The molecular formula is C21H28N3O3+. The van der Waals surface area contributed by atoms with Crippen LogP contribution in [0.4, 0.5) is 4.79 Å². The van der Waals surface area contributed by atoms with Crippen LogP contribution < -0.4 is 20.3 Å². The Labute approximate surface area is 160 Å². The molecule has 3 N–H and O–H groups in total. The number of amides is 3. The van der Waals surface area contributed by atoms with Gasteiger partial charge in [0.2, 0.25) is 0 Å². The van der Waals surface area contributed by atoms with Crippen molar-refractivity contribution in [3.63, 3.8) is 0 Å². The molecule has 0 aromatic heterocycles.